The molecule has 0 saturated carbocycles. The number of carbonyl (C=O) groups excluding carboxylic acids is 1. The lowest BCUT2D eigenvalue weighted by atomic mass is 10.1. The Bertz CT molecular complexity index is 514. The molecule has 0 aromatic heterocycles. The number of amides is 2. The summed E-state index contributed by atoms with van der Waals surface area (Å²) in [6, 6.07) is 5.78. The van der Waals surface area contributed by atoms with Gasteiger partial charge in [0.05, 0.1) is 0 Å². The van der Waals surface area contributed by atoms with Crippen molar-refractivity contribution in [2.24, 2.45) is 0 Å². The van der Waals surface area contributed by atoms with E-state index in [0.717, 1.165) is 10.5 Å². The molecule has 1 saturated heterocycles. The highest BCUT2D eigenvalue weighted by Gasteiger charge is 2.37. The van der Waals surface area contributed by atoms with Gasteiger partial charge >= 0.3 is 12.2 Å². The highest BCUT2D eigenvalue weighted by atomic mass is 19.4. The van der Waals surface area contributed by atoms with E-state index in [1.807, 2.05) is 13.0 Å². The number of urea groups is 1. The second kappa shape index (κ2) is 7.00. The van der Waals surface area contributed by atoms with Crippen molar-refractivity contribution >= 4 is 11.7 Å². The van der Waals surface area contributed by atoms with Crippen LogP contribution in [0, 0.1) is 6.92 Å². The molecule has 2 amide bonds. The van der Waals surface area contributed by atoms with Gasteiger partial charge in [-0.2, -0.15) is 13.2 Å². The molecule has 1 aromatic rings. The number of ether oxygens (including phenoxy) is 1. The molecule has 2 rings (SSSR count). The number of rotatable bonds is 3. The number of halogens is 3. The Labute approximate surface area is 127 Å². The minimum Gasteiger partial charge on any atom is -0.381 e. The number of anilines is 1. The maximum Gasteiger partial charge on any atom is 0.406 e. The van der Waals surface area contributed by atoms with Crippen molar-refractivity contribution in [1.82, 2.24) is 4.90 Å². The molecule has 0 bridgehead atoms. The number of alkyl halides is 3. The number of aryl methyl sites for hydroxylation is 1. The van der Waals surface area contributed by atoms with E-state index in [9.17, 15) is 18.0 Å². The van der Waals surface area contributed by atoms with E-state index in [1.54, 1.807) is 18.2 Å². The third-order valence-corrected chi connectivity index (χ3v) is 3.51. The molecular formula is C15H19F3N2O2. The monoisotopic (exact) mass is 316 g/mol. The van der Waals surface area contributed by atoms with Crippen LogP contribution in [0.25, 0.3) is 0 Å². The lowest BCUT2D eigenvalue weighted by Gasteiger charge is -2.34. The normalized spacial score (nSPS) is 16.4. The molecule has 122 valence electrons. The summed E-state index contributed by atoms with van der Waals surface area (Å²) in [5, 5.41) is 2.55. The lowest BCUT2D eigenvalue weighted by Crippen LogP contribution is -2.49. The predicted molar refractivity (Wildman–Crippen MR) is 76.8 cm³/mol. The molecule has 0 radical (unpaired) electrons. The van der Waals surface area contributed by atoms with Gasteiger partial charge in [-0.05, 0) is 37.5 Å². The number of carbonyl (C=O) groups is 1. The van der Waals surface area contributed by atoms with Crippen LogP contribution < -0.4 is 5.32 Å². The van der Waals surface area contributed by atoms with Gasteiger partial charge in [0.1, 0.15) is 6.54 Å². The highest BCUT2D eigenvalue weighted by molar-refractivity contribution is 5.89. The van der Waals surface area contributed by atoms with Crippen LogP contribution in [0.3, 0.4) is 0 Å². The van der Waals surface area contributed by atoms with Crippen LogP contribution in [0.4, 0.5) is 23.7 Å². The van der Waals surface area contributed by atoms with Crippen molar-refractivity contribution in [2.45, 2.75) is 32.0 Å². The molecule has 1 fully saturated rings. The fraction of sp³-hybridized carbons (Fsp3) is 0.533. The minimum atomic E-state index is -4.43. The van der Waals surface area contributed by atoms with E-state index in [-0.39, 0.29) is 0 Å². The van der Waals surface area contributed by atoms with E-state index in [4.69, 9.17) is 4.74 Å². The zero-order valence-corrected chi connectivity index (χ0v) is 12.3. The maximum absolute atomic E-state index is 12.8. The fourth-order valence-corrected chi connectivity index (χ4v) is 2.47. The van der Waals surface area contributed by atoms with Crippen LogP contribution in [-0.4, -0.2) is 42.9 Å². The average Bonchev–Trinajstić information content (AvgIpc) is 2.45. The molecule has 4 nitrogen and oxygen atoms in total. The van der Waals surface area contributed by atoms with Gasteiger partial charge in [0.2, 0.25) is 0 Å². The van der Waals surface area contributed by atoms with Crippen LogP contribution in [0.5, 0.6) is 0 Å². The van der Waals surface area contributed by atoms with Crippen LogP contribution in [0.2, 0.25) is 0 Å². The first-order chi connectivity index (χ1) is 10.3. The van der Waals surface area contributed by atoms with Crippen molar-refractivity contribution in [3.63, 3.8) is 0 Å². The van der Waals surface area contributed by atoms with Gasteiger partial charge in [-0.3, -0.25) is 0 Å². The van der Waals surface area contributed by atoms with Gasteiger partial charge in [-0.25, -0.2) is 4.79 Å². The second-order valence-electron chi connectivity index (χ2n) is 5.39. The number of hydrogen-bond acceptors (Lipinski definition) is 2. The first kappa shape index (κ1) is 16.6. The topological polar surface area (TPSA) is 41.6 Å². The van der Waals surface area contributed by atoms with Crippen molar-refractivity contribution in [3.05, 3.63) is 29.8 Å². The second-order valence-corrected chi connectivity index (χ2v) is 5.39. The zero-order chi connectivity index (χ0) is 16.2. The molecule has 0 atom stereocenters. The number of hydrogen-bond donors (Lipinski definition) is 1. The summed E-state index contributed by atoms with van der Waals surface area (Å²) in [4.78, 5) is 13.1. The number of nitrogens with zero attached hydrogens (tertiary/aromatic N) is 1. The van der Waals surface area contributed by atoms with E-state index < -0.39 is 24.8 Å². The van der Waals surface area contributed by atoms with Crippen LogP contribution in [-0.2, 0) is 4.74 Å². The average molecular weight is 316 g/mol. The third-order valence-electron chi connectivity index (χ3n) is 3.51. The van der Waals surface area contributed by atoms with Crippen molar-refractivity contribution in [1.29, 1.82) is 0 Å². The van der Waals surface area contributed by atoms with E-state index in [2.05, 4.69) is 5.32 Å². The molecular weight excluding hydrogens is 297 g/mol. The summed E-state index contributed by atoms with van der Waals surface area (Å²) < 4.78 is 43.5. The standard InChI is InChI=1S/C15H19F3N2O2/c1-11-3-2-4-12(9-11)19-14(21)20(10-15(16,17)18)13-5-7-22-8-6-13/h2-4,9,13H,5-8,10H2,1H3,(H,19,21). The minimum absolute atomic E-state index is 0.372. The van der Waals surface area contributed by atoms with Crippen LogP contribution in [0.15, 0.2) is 24.3 Å². The van der Waals surface area contributed by atoms with Crippen molar-refractivity contribution < 1.29 is 22.7 Å². The molecule has 0 aliphatic carbocycles. The van der Waals surface area contributed by atoms with Gasteiger partial charge in [0, 0.05) is 24.9 Å². The Hall–Kier alpha value is -1.76. The van der Waals surface area contributed by atoms with Crippen LogP contribution >= 0.6 is 0 Å². The van der Waals surface area contributed by atoms with Gasteiger partial charge in [0.25, 0.3) is 0 Å². The largest absolute Gasteiger partial charge is 0.406 e. The highest BCUT2D eigenvalue weighted by Crippen LogP contribution is 2.23. The Morgan fingerprint density at radius 3 is 2.64 bits per heavy atom. The molecule has 1 N–H and O–H groups in total. The summed E-state index contributed by atoms with van der Waals surface area (Å²) in [5.41, 5.74) is 1.41. The molecule has 1 aliphatic rings. The first-order valence-electron chi connectivity index (χ1n) is 7.14. The molecule has 1 aromatic carbocycles. The van der Waals surface area contributed by atoms with Gasteiger partial charge < -0.3 is 15.0 Å². The van der Waals surface area contributed by atoms with Crippen LogP contribution in [0.1, 0.15) is 18.4 Å². The molecule has 1 heterocycles. The Morgan fingerprint density at radius 1 is 1.36 bits per heavy atom. The van der Waals surface area contributed by atoms with E-state index in [1.165, 1.54) is 0 Å². The lowest BCUT2D eigenvalue weighted by molar-refractivity contribution is -0.146. The fourth-order valence-electron chi connectivity index (χ4n) is 2.47. The van der Waals surface area contributed by atoms with E-state index in [0.29, 0.717) is 31.7 Å². The zero-order valence-electron chi connectivity index (χ0n) is 12.3. The summed E-state index contributed by atoms with van der Waals surface area (Å²) in [6.45, 7) is 1.34. The molecule has 7 heteroatoms. The quantitative estimate of drug-likeness (QED) is 0.926. The molecule has 22 heavy (non-hydrogen) atoms. The van der Waals surface area contributed by atoms with E-state index >= 15 is 0 Å². The van der Waals surface area contributed by atoms with Crippen molar-refractivity contribution in [3.8, 4) is 0 Å². The summed E-state index contributed by atoms with van der Waals surface area (Å²) in [6.07, 6.45) is -3.60. The van der Waals surface area contributed by atoms with Gasteiger partial charge in [0.15, 0.2) is 0 Å². The Morgan fingerprint density at radius 2 is 2.05 bits per heavy atom. The molecule has 0 spiro atoms. The number of nitrogens with one attached hydrogen (secondary N) is 1. The Kier molecular flexibility index (Phi) is 5.28. The predicted octanol–water partition coefficient (Wildman–Crippen LogP) is 3.57. The smallest absolute Gasteiger partial charge is 0.381 e. The summed E-state index contributed by atoms with van der Waals surface area (Å²) >= 11 is 0. The first-order valence-corrected chi connectivity index (χ1v) is 7.14. The summed E-state index contributed by atoms with van der Waals surface area (Å²) in [7, 11) is 0. The van der Waals surface area contributed by atoms with Gasteiger partial charge in [-0.15, -0.1) is 0 Å². The summed E-state index contributed by atoms with van der Waals surface area (Å²) in [5.74, 6) is 0. The molecule has 1 aliphatic heterocycles. The maximum atomic E-state index is 12.8. The number of benzene rings is 1. The molecule has 0 unspecified atom stereocenters. The Balaban J connectivity index is 2.10. The third kappa shape index (κ3) is 4.91. The SMILES string of the molecule is Cc1cccc(NC(=O)N(CC(F)(F)F)C2CCOCC2)c1. The van der Waals surface area contributed by atoms with Crippen molar-refractivity contribution in [2.75, 3.05) is 25.1 Å². The van der Waals surface area contributed by atoms with Gasteiger partial charge in [-0.1, -0.05) is 12.1 Å².